The van der Waals surface area contributed by atoms with Crippen molar-refractivity contribution < 1.29 is 4.79 Å². The average Bonchev–Trinajstić information content (AvgIpc) is 2.62. The summed E-state index contributed by atoms with van der Waals surface area (Å²) in [5, 5.41) is 6.45. The Morgan fingerprint density at radius 3 is 2.58 bits per heavy atom. The molecule has 0 saturated carbocycles. The van der Waals surface area contributed by atoms with Crippen molar-refractivity contribution in [1.29, 1.82) is 0 Å². The second kappa shape index (κ2) is 11.9. The molecule has 26 heavy (non-hydrogen) atoms. The maximum Gasteiger partial charge on any atom is 0.224 e. The monoisotopic (exact) mass is 474 g/mol. The van der Waals surface area contributed by atoms with Gasteiger partial charge in [-0.2, -0.15) is 0 Å². The summed E-state index contributed by atoms with van der Waals surface area (Å²) in [5.74, 6) is 1.92. The predicted octanol–water partition coefficient (Wildman–Crippen LogP) is 1.70. The van der Waals surface area contributed by atoms with E-state index in [-0.39, 0.29) is 29.9 Å². The third-order valence-corrected chi connectivity index (χ3v) is 3.97. The van der Waals surface area contributed by atoms with E-state index in [2.05, 4.69) is 39.4 Å². The summed E-state index contributed by atoms with van der Waals surface area (Å²) < 4.78 is 0. The fraction of sp³-hybridized carbons (Fsp3) is 0.611. The number of carbonyl (C=O) groups is 1. The molecule has 1 fully saturated rings. The number of carbonyl (C=O) groups excluding carboxylic acids is 1. The number of piperazine rings is 1. The largest absolute Gasteiger partial charge is 0.357 e. The molecular formula is C18H31IN6O. The third-order valence-electron chi connectivity index (χ3n) is 3.97. The van der Waals surface area contributed by atoms with Crippen molar-refractivity contribution in [3.05, 3.63) is 24.4 Å². The van der Waals surface area contributed by atoms with Gasteiger partial charge in [-0.15, -0.1) is 24.0 Å². The van der Waals surface area contributed by atoms with Crippen molar-refractivity contribution in [2.45, 2.75) is 33.2 Å². The molecule has 2 N–H and O–H groups in total. The van der Waals surface area contributed by atoms with Gasteiger partial charge in [0.25, 0.3) is 0 Å². The van der Waals surface area contributed by atoms with E-state index in [0.717, 1.165) is 44.5 Å². The minimum Gasteiger partial charge on any atom is -0.357 e. The van der Waals surface area contributed by atoms with Gasteiger partial charge in [0.1, 0.15) is 5.82 Å². The van der Waals surface area contributed by atoms with Gasteiger partial charge in [0.15, 0.2) is 5.96 Å². The van der Waals surface area contributed by atoms with Crippen LogP contribution in [0.15, 0.2) is 29.4 Å². The average molecular weight is 474 g/mol. The molecule has 1 saturated heterocycles. The lowest BCUT2D eigenvalue weighted by atomic mass is 10.2. The van der Waals surface area contributed by atoms with Crippen LogP contribution in [0.5, 0.6) is 0 Å². The fourth-order valence-electron chi connectivity index (χ4n) is 2.74. The van der Waals surface area contributed by atoms with Crippen LogP contribution in [0, 0.1) is 0 Å². The molecule has 146 valence electrons. The molecule has 1 aliphatic rings. The van der Waals surface area contributed by atoms with Crippen molar-refractivity contribution in [3.8, 4) is 0 Å². The fourth-order valence-corrected chi connectivity index (χ4v) is 2.74. The zero-order chi connectivity index (χ0) is 18.1. The van der Waals surface area contributed by atoms with Crippen LogP contribution in [0.4, 0.5) is 5.82 Å². The van der Waals surface area contributed by atoms with E-state index in [1.165, 1.54) is 0 Å². The van der Waals surface area contributed by atoms with Crippen LogP contribution >= 0.6 is 24.0 Å². The van der Waals surface area contributed by atoms with Gasteiger partial charge in [0.05, 0.1) is 6.54 Å². The van der Waals surface area contributed by atoms with Crippen LogP contribution < -0.4 is 15.5 Å². The number of guanidine groups is 1. The van der Waals surface area contributed by atoms with Crippen LogP contribution in [0.3, 0.4) is 0 Å². The first kappa shape index (κ1) is 22.5. The molecule has 2 rings (SSSR count). The topological polar surface area (TPSA) is 72.9 Å². The summed E-state index contributed by atoms with van der Waals surface area (Å²) in [6, 6.07) is 6.23. The van der Waals surface area contributed by atoms with Gasteiger partial charge >= 0.3 is 0 Å². The molecule has 0 bridgehead atoms. The lowest BCUT2D eigenvalue weighted by Gasteiger charge is -2.35. The molecule has 7 nitrogen and oxygen atoms in total. The normalized spacial score (nSPS) is 14.8. The number of aromatic nitrogens is 1. The summed E-state index contributed by atoms with van der Waals surface area (Å²) in [6.07, 6.45) is 2.25. The van der Waals surface area contributed by atoms with E-state index < -0.39 is 0 Å². The molecule has 1 aromatic heterocycles. The first-order valence-electron chi connectivity index (χ1n) is 9.08. The molecule has 0 radical (unpaired) electrons. The maximum absolute atomic E-state index is 12.4. The Balaban J connectivity index is 0.00000338. The Hall–Kier alpha value is -1.58. The smallest absolute Gasteiger partial charge is 0.224 e. The Bertz CT molecular complexity index is 558. The Morgan fingerprint density at radius 2 is 2.00 bits per heavy atom. The van der Waals surface area contributed by atoms with E-state index >= 15 is 0 Å². The first-order chi connectivity index (χ1) is 12.1. The molecule has 1 amide bonds. The van der Waals surface area contributed by atoms with Gasteiger partial charge in [0.2, 0.25) is 5.91 Å². The standard InChI is InChI=1S/C18H30N6O.HI/c1-4-19-18(22-15(2)3)21-10-8-17(25)24-13-11-23(12-14-24)16-7-5-6-9-20-16;/h5-7,9,15H,4,8,10-14H2,1-3H3,(H2,19,21,22);1H. The van der Waals surface area contributed by atoms with Crippen molar-refractivity contribution in [3.63, 3.8) is 0 Å². The van der Waals surface area contributed by atoms with E-state index in [9.17, 15) is 4.79 Å². The summed E-state index contributed by atoms with van der Waals surface area (Å²) in [6.45, 7) is 10.6. The van der Waals surface area contributed by atoms with Crippen LogP contribution in [0.2, 0.25) is 0 Å². The van der Waals surface area contributed by atoms with Crippen LogP contribution in [-0.2, 0) is 4.79 Å². The van der Waals surface area contributed by atoms with Crippen molar-refractivity contribution in [2.24, 2.45) is 4.99 Å². The Labute approximate surface area is 173 Å². The predicted molar refractivity (Wildman–Crippen MR) is 117 cm³/mol. The van der Waals surface area contributed by atoms with Crippen molar-refractivity contribution in [1.82, 2.24) is 20.5 Å². The SMILES string of the molecule is CCNC(=NCCC(=O)N1CCN(c2ccccn2)CC1)NC(C)C.I. The lowest BCUT2D eigenvalue weighted by molar-refractivity contribution is -0.131. The summed E-state index contributed by atoms with van der Waals surface area (Å²) in [4.78, 5) is 25.4. The van der Waals surface area contributed by atoms with Crippen LogP contribution in [0.25, 0.3) is 0 Å². The highest BCUT2D eigenvalue weighted by Crippen LogP contribution is 2.12. The quantitative estimate of drug-likeness (QED) is 0.373. The number of nitrogens with one attached hydrogen (secondary N) is 2. The number of nitrogens with zero attached hydrogens (tertiary/aromatic N) is 4. The van der Waals surface area contributed by atoms with Gasteiger partial charge in [-0.3, -0.25) is 9.79 Å². The molecule has 0 spiro atoms. The van der Waals surface area contributed by atoms with E-state index in [1.807, 2.05) is 30.0 Å². The molecule has 8 heteroatoms. The molecule has 1 aromatic rings. The summed E-state index contributed by atoms with van der Waals surface area (Å²) in [5.41, 5.74) is 0. The van der Waals surface area contributed by atoms with Crippen molar-refractivity contribution in [2.75, 3.05) is 44.2 Å². The Morgan fingerprint density at radius 1 is 1.27 bits per heavy atom. The number of rotatable bonds is 6. The molecule has 0 atom stereocenters. The van der Waals surface area contributed by atoms with Crippen LogP contribution in [0.1, 0.15) is 27.2 Å². The van der Waals surface area contributed by atoms with Gasteiger partial charge in [0, 0.05) is 51.4 Å². The van der Waals surface area contributed by atoms with Gasteiger partial charge in [-0.1, -0.05) is 6.07 Å². The van der Waals surface area contributed by atoms with Crippen LogP contribution in [-0.4, -0.2) is 67.1 Å². The highest BCUT2D eigenvalue weighted by Gasteiger charge is 2.21. The molecule has 0 aromatic carbocycles. The number of anilines is 1. The zero-order valence-electron chi connectivity index (χ0n) is 15.9. The molecule has 0 aliphatic carbocycles. The second-order valence-corrected chi connectivity index (χ2v) is 6.37. The number of pyridine rings is 1. The summed E-state index contributed by atoms with van der Waals surface area (Å²) in [7, 11) is 0. The van der Waals surface area contributed by atoms with E-state index in [4.69, 9.17) is 0 Å². The third kappa shape index (κ3) is 7.35. The molecule has 0 unspecified atom stereocenters. The number of hydrogen-bond acceptors (Lipinski definition) is 4. The second-order valence-electron chi connectivity index (χ2n) is 6.37. The van der Waals surface area contributed by atoms with Crippen molar-refractivity contribution >= 4 is 41.7 Å². The van der Waals surface area contributed by atoms with Gasteiger partial charge < -0.3 is 20.4 Å². The molecular weight excluding hydrogens is 443 g/mol. The van der Waals surface area contributed by atoms with Gasteiger partial charge in [-0.25, -0.2) is 4.98 Å². The highest BCUT2D eigenvalue weighted by atomic mass is 127. The minimum absolute atomic E-state index is 0. The highest BCUT2D eigenvalue weighted by molar-refractivity contribution is 14.0. The maximum atomic E-state index is 12.4. The minimum atomic E-state index is 0. The zero-order valence-corrected chi connectivity index (χ0v) is 18.3. The Kier molecular flexibility index (Phi) is 10.3. The van der Waals surface area contributed by atoms with E-state index in [0.29, 0.717) is 19.0 Å². The summed E-state index contributed by atoms with van der Waals surface area (Å²) >= 11 is 0. The number of amides is 1. The first-order valence-corrected chi connectivity index (χ1v) is 9.08. The van der Waals surface area contributed by atoms with Gasteiger partial charge in [-0.05, 0) is 32.9 Å². The molecule has 2 heterocycles. The number of halogens is 1. The number of aliphatic imine (C=N–C) groups is 1. The lowest BCUT2D eigenvalue weighted by Crippen LogP contribution is -2.49. The molecule has 1 aliphatic heterocycles. The number of hydrogen-bond donors (Lipinski definition) is 2. The van der Waals surface area contributed by atoms with E-state index in [1.54, 1.807) is 6.20 Å².